The highest BCUT2D eigenvalue weighted by molar-refractivity contribution is 5.82. The minimum absolute atomic E-state index is 0.175. The number of rotatable bonds is 3. The molecule has 5 heteroatoms. The molecular weight excluding hydrogens is 302 g/mol. The zero-order valence-electron chi connectivity index (χ0n) is 15.4. The van der Waals surface area contributed by atoms with Crippen LogP contribution in [0.2, 0.25) is 0 Å². The Bertz CT molecular complexity index is 555. The number of allylic oxidation sites excluding steroid dienone is 3. The molecule has 0 aromatic carbocycles. The summed E-state index contributed by atoms with van der Waals surface area (Å²) in [6, 6.07) is 0.175. The van der Waals surface area contributed by atoms with Crippen molar-refractivity contribution in [2.24, 2.45) is 5.92 Å². The van der Waals surface area contributed by atoms with E-state index in [1.807, 2.05) is 0 Å². The maximum absolute atomic E-state index is 12.2. The molecule has 3 fully saturated rings. The predicted molar refractivity (Wildman–Crippen MR) is 95.6 cm³/mol. The largest absolute Gasteiger partial charge is 0.368 e. The smallest absolute Gasteiger partial charge is 0.149 e. The van der Waals surface area contributed by atoms with E-state index in [0.717, 1.165) is 12.5 Å². The molecule has 0 bridgehead atoms. The molecule has 2 saturated heterocycles. The monoisotopic (exact) mass is 333 g/mol. The fourth-order valence-corrected chi connectivity index (χ4v) is 3.43. The first-order valence-electron chi connectivity index (χ1n) is 9.08. The predicted octanol–water partition coefficient (Wildman–Crippen LogP) is 1.82. The van der Waals surface area contributed by atoms with Gasteiger partial charge in [0.2, 0.25) is 0 Å². The van der Waals surface area contributed by atoms with Gasteiger partial charge in [-0.2, -0.15) is 0 Å². The number of nitrogens with one attached hydrogen (secondary N) is 2. The fourth-order valence-electron chi connectivity index (χ4n) is 3.43. The molecule has 3 aliphatic rings. The van der Waals surface area contributed by atoms with E-state index < -0.39 is 0 Å². The van der Waals surface area contributed by atoms with Gasteiger partial charge in [-0.05, 0) is 45.1 Å². The molecule has 1 aliphatic carbocycles. The Labute approximate surface area is 145 Å². The van der Waals surface area contributed by atoms with Crippen LogP contribution in [0.3, 0.4) is 0 Å². The zero-order chi connectivity index (χ0) is 17.3. The van der Waals surface area contributed by atoms with E-state index in [9.17, 15) is 4.79 Å². The summed E-state index contributed by atoms with van der Waals surface area (Å²) < 4.78 is 5.52. The van der Waals surface area contributed by atoms with E-state index in [0.29, 0.717) is 26.1 Å². The van der Waals surface area contributed by atoms with Gasteiger partial charge in [0.25, 0.3) is 0 Å². The van der Waals surface area contributed by atoms with Crippen LogP contribution in [-0.4, -0.2) is 55.7 Å². The molecule has 3 rings (SSSR count). The molecule has 0 amide bonds. The third-order valence-electron chi connectivity index (χ3n) is 5.27. The molecule has 24 heavy (non-hydrogen) atoms. The lowest BCUT2D eigenvalue weighted by Crippen LogP contribution is -2.51. The third-order valence-corrected chi connectivity index (χ3v) is 5.27. The Hall–Kier alpha value is -1.01. The second-order valence-corrected chi connectivity index (χ2v) is 7.95. The van der Waals surface area contributed by atoms with Crippen LogP contribution in [0.5, 0.6) is 0 Å². The lowest BCUT2D eigenvalue weighted by atomic mass is 9.98. The minimum atomic E-state index is -0.258. The molecule has 2 unspecified atom stereocenters. The van der Waals surface area contributed by atoms with Crippen LogP contribution in [0.25, 0.3) is 0 Å². The molecule has 2 atom stereocenters. The van der Waals surface area contributed by atoms with Gasteiger partial charge >= 0.3 is 0 Å². The number of likely N-dealkylation sites (N-methyl/N-ethyl adjacent to an activating group) is 1. The van der Waals surface area contributed by atoms with Crippen molar-refractivity contribution in [1.29, 1.82) is 0 Å². The van der Waals surface area contributed by atoms with E-state index in [1.165, 1.54) is 29.6 Å². The van der Waals surface area contributed by atoms with Crippen LogP contribution in [0.1, 0.15) is 40.0 Å². The SMILES string of the molecule is CC(C)=C(/C=C(\C)C1CN(C)NCC2(CO2)CC(=O)CN1)C1CC1. The summed E-state index contributed by atoms with van der Waals surface area (Å²) in [5.41, 5.74) is 7.34. The molecule has 2 heterocycles. The first-order valence-corrected chi connectivity index (χ1v) is 9.08. The van der Waals surface area contributed by atoms with Crippen LogP contribution < -0.4 is 10.7 Å². The number of carbonyl (C=O) groups excluding carboxylic acids is 1. The number of hydrazine groups is 1. The average molecular weight is 333 g/mol. The van der Waals surface area contributed by atoms with E-state index in [2.05, 4.69) is 49.6 Å². The molecule has 5 nitrogen and oxygen atoms in total. The number of carbonyl (C=O) groups is 1. The summed E-state index contributed by atoms with van der Waals surface area (Å²) in [4.78, 5) is 12.2. The molecule has 2 aliphatic heterocycles. The number of ketones is 1. The first kappa shape index (κ1) is 17.8. The Balaban J connectivity index is 1.70. The number of nitrogens with zero attached hydrogens (tertiary/aromatic N) is 1. The Kier molecular flexibility index (Phi) is 5.25. The van der Waals surface area contributed by atoms with Gasteiger partial charge in [-0.3, -0.25) is 10.2 Å². The standard InChI is InChI=1S/C19H31N3O2/c1-13(2)17(15-5-6-15)7-14(3)18-10-22(4)21-11-19(12-24-19)8-16(23)9-20-18/h7,15,18,20-21H,5-6,8-12H2,1-4H3/b14-7+. The summed E-state index contributed by atoms with van der Waals surface area (Å²) in [6.45, 7) is 9.22. The van der Waals surface area contributed by atoms with Crippen molar-refractivity contribution in [1.82, 2.24) is 15.8 Å². The van der Waals surface area contributed by atoms with Gasteiger partial charge < -0.3 is 10.1 Å². The lowest BCUT2D eigenvalue weighted by Gasteiger charge is -2.29. The molecule has 0 aromatic heterocycles. The number of hydrogen-bond acceptors (Lipinski definition) is 5. The van der Waals surface area contributed by atoms with Gasteiger partial charge in [-0.15, -0.1) is 0 Å². The number of Topliss-reactive ketones (excluding diaryl/α,β-unsaturated/α-hetero) is 1. The van der Waals surface area contributed by atoms with E-state index in [4.69, 9.17) is 4.74 Å². The van der Waals surface area contributed by atoms with Gasteiger partial charge in [0, 0.05) is 32.6 Å². The van der Waals surface area contributed by atoms with Crippen LogP contribution in [0.15, 0.2) is 22.8 Å². The minimum Gasteiger partial charge on any atom is -0.368 e. The lowest BCUT2D eigenvalue weighted by molar-refractivity contribution is -0.119. The molecule has 0 radical (unpaired) electrons. The number of epoxide rings is 1. The van der Waals surface area contributed by atoms with Crippen LogP contribution in [0.4, 0.5) is 0 Å². The molecule has 1 saturated carbocycles. The van der Waals surface area contributed by atoms with Gasteiger partial charge in [-0.1, -0.05) is 17.2 Å². The summed E-state index contributed by atoms with van der Waals surface area (Å²) in [7, 11) is 2.06. The quantitative estimate of drug-likeness (QED) is 0.609. The van der Waals surface area contributed by atoms with Crippen molar-refractivity contribution in [2.45, 2.75) is 51.7 Å². The average Bonchev–Trinajstić information content (AvgIpc) is 3.42. The maximum atomic E-state index is 12.2. The normalized spacial score (nSPS) is 32.8. The third kappa shape index (κ3) is 4.54. The summed E-state index contributed by atoms with van der Waals surface area (Å²) in [5.74, 6) is 0.982. The molecular formula is C19H31N3O2. The van der Waals surface area contributed by atoms with Crippen LogP contribution in [-0.2, 0) is 9.53 Å². The Morgan fingerprint density at radius 3 is 2.62 bits per heavy atom. The van der Waals surface area contributed by atoms with E-state index in [-0.39, 0.29) is 17.4 Å². The molecule has 1 spiro atoms. The second-order valence-electron chi connectivity index (χ2n) is 7.95. The van der Waals surface area contributed by atoms with Crippen molar-refractivity contribution in [3.8, 4) is 0 Å². The number of ether oxygens (including phenoxy) is 1. The van der Waals surface area contributed by atoms with Crippen molar-refractivity contribution in [3.63, 3.8) is 0 Å². The van der Waals surface area contributed by atoms with Crippen LogP contribution in [0, 0.1) is 5.92 Å². The highest BCUT2D eigenvalue weighted by Gasteiger charge is 2.46. The van der Waals surface area contributed by atoms with Crippen molar-refractivity contribution in [3.05, 3.63) is 22.8 Å². The highest BCUT2D eigenvalue weighted by atomic mass is 16.6. The van der Waals surface area contributed by atoms with Gasteiger partial charge in [-0.25, -0.2) is 5.01 Å². The first-order chi connectivity index (χ1) is 11.4. The van der Waals surface area contributed by atoms with Gasteiger partial charge in [0.1, 0.15) is 11.4 Å². The zero-order valence-corrected chi connectivity index (χ0v) is 15.4. The second kappa shape index (κ2) is 7.08. The Morgan fingerprint density at radius 1 is 1.33 bits per heavy atom. The maximum Gasteiger partial charge on any atom is 0.149 e. The van der Waals surface area contributed by atoms with Crippen molar-refractivity contribution < 1.29 is 9.53 Å². The fraction of sp³-hybridized carbons (Fsp3) is 0.737. The highest BCUT2D eigenvalue weighted by Crippen LogP contribution is 2.39. The Morgan fingerprint density at radius 2 is 2.04 bits per heavy atom. The summed E-state index contributed by atoms with van der Waals surface area (Å²) in [5, 5.41) is 5.58. The molecule has 134 valence electrons. The van der Waals surface area contributed by atoms with Gasteiger partial charge in [0.05, 0.1) is 13.2 Å². The topological polar surface area (TPSA) is 56.9 Å². The van der Waals surface area contributed by atoms with Crippen molar-refractivity contribution in [2.75, 3.05) is 33.3 Å². The molecule has 2 N–H and O–H groups in total. The van der Waals surface area contributed by atoms with E-state index in [1.54, 1.807) is 0 Å². The van der Waals surface area contributed by atoms with E-state index >= 15 is 0 Å². The number of hydrogen-bond donors (Lipinski definition) is 2. The van der Waals surface area contributed by atoms with Crippen molar-refractivity contribution >= 4 is 5.78 Å². The summed E-state index contributed by atoms with van der Waals surface area (Å²) >= 11 is 0. The molecule has 0 aromatic rings. The van der Waals surface area contributed by atoms with Gasteiger partial charge in [0.15, 0.2) is 0 Å². The van der Waals surface area contributed by atoms with Crippen LogP contribution >= 0.6 is 0 Å². The summed E-state index contributed by atoms with van der Waals surface area (Å²) in [6.07, 6.45) is 5.46.